The van der Waals surface area contributed by atoms with Crippen molar-refractivity contribution in [2.24, 2.45) is 10.2 Å². The highest BCUT2D eigenvalue weighted by Gasteiger charge is 2.34. The Bertz CT molecular complexity index is 1150. The van der Waals surface area contributed by atoms with E-state index in [2.05, 4.69) is 10.2 Å². The predicted molar refractivity (Wildman–Crippen MR) is 117 cm³/mol. The first kappa shape index (κ1) is 19.8. The van der Waals surface area contributed by atoms with Gasteiger partial charge in [0.1, 0.15) is 5.76 Å². The average molecular weight is 438 g/mol. The molecule has 1 amide bonds. The summed E-state index contributed by atoms with van der Waals surface area (Å²) in [5.74, 6) is 0.337. The van der Waals surface area contributed by atoms with Gasteiger partial charge in [0.05, 0.1) is 28.9 Å². The summed E-state index contributed by atoms with van der Waals surface area (Å²) < 4.78 is 5.36. The van der Waals surface area contributed by atoms with E-state index in [0.29, 0.717) is 21.4 Å². The van der Waals surface area contributed by atoms with E-state index in [-0.39, 0.29) is 18.1 Å². The molecule has 1 aliphatic heterocycles. The standard InChI is InChI=1S/C20H14N4O4S2/c25-19-18(11-14-4-1-5-15(10-14)24(26)27)30-20(22-21-12-17-7-3-9-29-17)23(19)13-16-6-2-8-28-16/h1-12H,13H2/b18-11-,21-12+,22-20-. The van der Waals surface area contributed by atoms with E-state index in [9.17, 15) is 14.9 Å². The summed E-state index contributed by atoms with van der Waals surface area (Å²) in [6, 6.07) is 13.4. The maximum Gasteiger partial charge on any atom is 0.270 e. The highest BCUT2D eigenvalue weighted by molar-refractivity contribution is 8.18. The van der Waals surface area contributed by atoms with Gasteiger partial charge in [-0.25, -0.2) is 0 Å². The first-order valence-corrected chi connectivity index (χ1v) is 10.4. The molecule has 0 atom stereocenters. The van der Waals surface area contributed by atoms with Crippen molar-refractivity contribution in [3.63, 3.8) is 0 Å². The Morgan fingerprint density at radius 1 is 1.20 bits per heavy atom. The fourth-order valence-electron chi connectivity index (χ4n) is 2.66. The molecule has 0 unspecified atom stereocenters. The Balaban J connectivity index is 1.63. The Hall–Kier alpha value is -3.50. The van der Waals surface area contributed by atoms with Gasteiger partial charge in [0, 0.05) is 17.0 Å². The lowest BCUT2D eigenvalue weighted by Gasteiger charge is -2.12. The van der Waals surface area contributed by atoms with Crippen LogP contribution in [0.25, 0.3) is 6.08 Å². The van der Waals surface area contributed by atoms with Crippen LogP contribution in [-0.2, 0) is 11.3 Å². The number of nitro groups is 1. The Labute approximate surface area is 179 Å². The van der Waals surface area contributed by atoms with Crippen LogP contribution in [0.1, 0.15) is 16.2 Å². The molecule has 3 heterocycles. The summed E-state index contributed by atoms with van der Waals surface area (Å²) >= 11 is 2.69. The molecular formula is C20H14N4O4S2. The molecule has 150 valence electrons. The lowest BCUT2D eigenvalue weighted by atomic mass is 10.2. The first-order valence-electron chi connectivity index (χ1n) is 8.73. The van der Waals surface area contributed by atoms with E-state index < -0.39 is 4.92 Å². The maximum absolute atomic E-state index is 13.0. The summed E-state index contributed by atoms with van der Waals surface area (Å²) in [6.45, 7) is 0.207. The minimum absolute atomic E-state index is 0.0401. The Kier molecular flexibility index (Phi) is 5.87. The third kappa shape index (κ3) is 4.56. The summed E-state index contributed by atoms with van der Waals surface area (Å²) in [4.78, 5) is 26.3. The summed E-state index contributed by atoms with van der Waals surface area (Å²) in [5, 5.41) is 21.7. The number of thiophene rings is 1. The second kappa shape index (κ2) is 8.89. The minimum atomic E-state index is -0.471. The van der Waals surface area contributed by atoms with Crippen LogP contribution >= 0.6 is 23.1 Å². The summed E-state index contributed by atoms with van der Waals surface area (Å²) in [5.41, 5.74) is 0.517. The lowest BCUT2D eigenvalue weighted by molar-refractivity contribution is -0.384. The zero-order valence-electron chi connectivity index (χ0n) is 15.4. The van der Waals surface area contributed by atoms with Crippen LogP contribution in [0.5, 0.6) is 0 Å². The lowest BCUT2D eigenvalue weighted by Crippen LogP contribution is -2.28. The number of amidine groups is 1. The Morgan fingerprint density at radius 2 is 2.10 bits per heavy atom. The third-order valence-electron chi connectivity index (χ3n) is 4.03. The van der Waals surface area contributed by atoms with Gasteiger partial charge in [0.2, 0.25) is 0 Å². The number of carbonyl (C=O) groups is 1. The van der Waals surface area contributed by atoms with E-state index >= 15 is 0 Å². The van der Waals surface area contributed by atoms with E-state index in [1.54, 1.807) is 36.6 Å². The van der Waals surface area contributed by atoms with Crippen molar-refractivity contribution < 1.29 is 14.1 Å². The first-order chi connectivity index (χ1) is 14.6. The highest BCUT2D eigenvalue weighted by atomic mass is 32.2. The number of benzene rings is 1. The zero-order chi connectivity index (χ0) is 20.9. The van der Waals surface area contributed by atoms with Crippen LogP contribution in [-0.4, -0.2) is 27.1 Å². The minimum Gasteiger partial charge on any atom is -0.467 e. The number of nitrogens with zero attached hydrogens (tertiary/aromatic N) is 4. The molecule has 1 aromatic carbocycles. The van der Waals surface area contributed by atoms with Crippen LogP contribution in [0.15, 0.2) is 79.7 Å². The van der Waals surface area contributed by atoms with Gasteiger partial charge in [-0.05, 0) is 47.0 Å². The van der Waals surface area contributed by atoms with Crippen molar-refractivity contribution in [3.8, 4) is 0 Å². The third-order valence-corrected chi connectivity index (χ3v) is 5.84. The van der Waals surface area contributed by atoms with Gasteiger partial charge in [0.15, 0.2) is 5.17 Å². The number of hydrogen-bond donors (Lipinski definition) is 0. The molecule has 0 bridgehead atoms. The fourth-order valence-corrected chi connectivity index (χ4v) is 4.17. The molecule has 0 radical (unpaired) electrons. The van der Waals surface area contributed by atoms with Crippen LogP contribution in [0, 0.1) is 10.1 Å². The number of nitro benzene ring substituents is 1. The molecule has 0 aliphatic carbocycles. The summed E-state index contributed by atoms with van der Waals surface area (Å²) in [6.07, 6.45) is 4.77. The highest BCUT2D eigenvalue weighted by Crippen LogP contribution is 2.34. The van der Waals surface area contributed by atoms with Crippen molar-refractivity contribution in [1.29, 1.82) is 0 Å². The monoisotopic (exact) mass is 438 g/mol. The number of thioether (sulfide) groups is 1. The molecular weight excluding hydrogens is 424 g/mol. The molecule has 1 saturated heterocycles. The molecule has 10 heteroatoms. The van der Waals surface area contributed by atoms with Gasteiger partial charge in [-0.2, -0.15) is 5.10 Å². The molecule has 1 fully saturated rings. The SMILES string of the molecule is O=C1/C(=C/c2cccc([N+](=O)[O-])c2)S/C(=N\N=C\c2cccs2)N1Cc1ccco1. The van der Waals surface area contributed by atoms with E-state index in [0.717, 1.165) is 16.6 Å². The zero-order valence-corrected chi connectivity index (χ0v) is 17.0. The molecule has 30 heavy (non-hydrogen) atoms. The number of furan rings is 1. The molecule has 2 aromatic heterocycles. The van der Waals surface area contributed by atoms with Crippen molar-refractivity contribution >= 4 is 52.2 Å². The number of carbonyl (C=O) groups excluding carboxylic acids is 1. The second-order valence-corrected chi connectivity index (χ2v) is 8.06. The van der Waals surface area contributed by atoms with Crippen molar-refractivity contribution in [2.45, 2.75) is 6.54 Å². The normalized spacial score (nSPS) is 16.9. The predicted octanol–water partition coefficient (Wildman–Crippen LogP) is 4.76. The number of rotatable bonds is 6. The molecule has 1 aliphatic rings. The second-order valence-electron chi connectivity index (χ2n) is 6.08. The van der Waals surface area contributed by atoms with Crippen LogP contribution < -0.4 is 0 Å². The molecule has 8 nitrogen and oxygen atoms in total. The number of amides is 1. The quantitative estimate of drug-likeness (QED) is 0.239. The van der Waals surface area contributed by atoms with Gasteiger partial charge in [-0.1, -0.05) is 18.2 Å². The molecule has 0 saturated carbocycles. The van der Waals surface area contributed by atoms with Crippen molar-refractivity contribution in [3.05, 3.63) is 91.4 Å². The van der Waals surface area contributed by atoms with E-state index in [1.807, 2.05) is 17.5 Å². The van der Waals surface area contributed by atoms with Gasteiger partial charge < -0.3 is 4.42 Å². The largest absolute Gasteiger partial charge is 0.467 e. The van der Waals surface area contributed by atoms with Gasteiger partial charge in [-0.15, -0.1) is 16.4 Å². The Morgan fingerprint density at radius 3 is 2.83 bits per heavy atom. The number of hydrogen-bond acceptors (Lipinski definition) is 8. The van der Waals surface area contributed by atoms with Gasteiger partial charge in [0.25, 0.3) is 11.6 Å². The molecule has 0 spiro atoms. The van der Waals surface area contributed by atoms with Gasteiger partial charge in [-0.3, -0.25) is 19.8 Å². The maximum atomic E-state index is 13.0. The topological polar surface area (TPSA) is 101 Å². The van der Waals surface area contributed by atoms with Crippen molar-refractivity contribution in [2.75, 3.05) is 0 Å². The van der Waals surface area contributed by atoms with Gasteiger partial charge >= 0.3 is 0 Å². The molecule has 0 N–H and O–H groups in total. The summed E-state index contributed by atoms with van der Waals surface area (Å²) in [7, 11) is 0. The van der Waals surface area contributed by atoms with Crippen molar-refractivity contribution in [1.82, 2.24) is 4.90 Å². The van der Waals surface area contributed by atoms with Crippen LogP contribution in [0.3, 0.4) is 0 Å². The fraction of sp³-hybridized carbons (Fsp3) is 0.0500. The van der Waals surface area contributed by atoms with Crippen LogP contribution in [0.2, 0.25) is 0 Å². The average Bonchev–Trinajstić information content (AvgIpc) is 3.49. The van der Waals surface area contributed by atoms with Crippen LogP contribution in [0.4, 0.5) is 5.69 Å². The van der Waals surface area contributed by atoms with E-state index in [1.165, 1.54) is 34.6 Å². The molecule has 3 aromatic rings. The smallest absolute Gasteiger partial charge is 0.270 e. The molecule has 4 rings (SSSR count). The number of non-ortho nitro benzene ring substituents is 1. The van der Waals surface area contributed by atoms with E-state index in [4.69, 9.17) is 4.42 Å².